The van der Waals surface area contributed by atoms with Crippen LogP contribution in [0.25, 0.3) is 0 Å². The van der Waals surface area contributed by atoms with Crippen LogP contribution in [0.2, 0.25) is 0 Å². The summed E-state index contributed by atoms with van der Waals surface area (Å²) in [5, 5.41) is 10.6. The molecule has 1 aromatic heterocycles. The Balaban J connectivity index is 1.80. The smallest absolute Gasteiger partial charge is 0.265 e. The lowest BCUT2D eigenvalue weighted by atomic mass is 9.98. The second-order valence-corrected chi connectivity index (χ2v) is 8.65. The number of morpholine rings is 1. The third-order valence-electron chi connectivity index (χ3n) is 4.38. The topological polar surface area (TPSA) is 90.7 Å². The SMILES string of the molecule is N#CC1CCN(C(=O)c2sccc2S(=O)(=O)N2CCOCC2)CC1. The zero-order valence-electron chi connectivity index (χ0n) is 13.2. The number of rotatable bonds is 3. The fourth-order valence-corrected chi connectivity index (χ4v) is 5.71. The summed E-state index contributed by atoms with van der Waals surface area (Å²) in [6.45, 7) is 2.33. The van der Waals surface area contributed by atoms with Gasteiger partial charge in [0.25, 0.3) is 5.91 Å². The van der Waals surface area contributed by atoms with Crippen molar-refractivity contribution in [1.82, 2.24) is 9.21 Å². The first kappa shape index (κ1) is 17.4. The number of thiophene rings is 1. The number of carbonyl (C=O) groups is 1. The standard InChI is InChI=1S/C15H19N3O4S2/c16-11-12-1-4-17(5-2-12)15(19)14-13(3-10-23-14)24(20,21)18-6-8-22-9-7-18/h3,10,12H,1-2,4-9H2. The molecule has 2 saturated heterocycles. The van der Waals surface area contributed by atoms with Gasteiger partial charge in [-0.2, -0.15) is 9.57 Å². The maximum absolute atomic E-state index is 12.8. The molecule has 0 spiro atoms. The maximum atomic E-state index is 12.8. The molecule has 0 saturated carbocycles. The highest BCUT2D eigenvalue weighted by Crippen LogP contribution is 2.28. The molecule has 2 aliphatic rings. The summed E-state index contributed by atoms with van der Waals surface area (Å²) in [4.78, 5) is 14.7. The Morgan fingerprint density at radius 2 is 1.92 bits per heavy atom. The summed E-state index contributed by atoms with van der Waals surface area (Å²) in [5.41, 5.74) is 0. The molecule has 0 N–H and O–H groups in total. The predicted octanol–water partition coefficient (Wildman–Crippen LogP) is 1.14. The number of amides is 1. The van der Waals surface area contributed by atoms with Gasteiger partial charge in [0.15, 0.2) is 0 Å². The van der Waals surface area contributed by atoms with Gasteiger partial charge >= 0.3 is 0 Å². The summed E-state index contributed by atoms with van der Waals surface area (Å²) < 4.78 is 32.2. The lowest BCUT2D eigenvalue weighted by molar-refractivity contribution is 0.0703. The predicted molar refractivity (Wildman–Crippen MR) is 88.1 cm³/mol. The van der Waals surface area contributed by atoms with Gasteiger partial charge in [-0.05, 0) is 24.3 Å². The highest BCUT2D eigenvalue weighted by Gasteiger charge is 2.33. The second-order valence-electron chi connectivity index (χ2n) is 5.83. The summed E-state index contributed by atoms with van der Waals surface area (Å²) >= 11 is 1.16. The molecule has 0 radical (unpaired) electrons. The lowest BCUT2D eigenvalue weighted by Gasteiger charge is -2.30. The van der Waals surface area contributed by atoms with Crippen LogP contribution in [0.1, 0.15) is 22.5 Å². The van der Waals surface area contributed by atoms with Crippen LogP contribution in [0, 0.1) is 17.2 Å². The molecule has 130 valence electrons. The number of hydrogen-bond acceptors (Lipinski definition) is 6. The molecule has 2 fully saturated rings. The molecule has 7 nitrogen and oxygen atoms in total. The van der Waals surface area contributed by atoms with Crippen LogP contribution in [-0.4, -0.2) is 62.9 Å². The molecule has 3 heterocycles. The van der Waals surface area contributed by atoms with Crippen molar-refractivity contribution >= 4 is 27.3 Å². The monoisotopic (exact) mass is 369 g/mol. The van der Waals surface area contributed by atoms with E-state index in [2.05, 4.69) is 6.07 Å². The van der Waals surface area contributed by atoms with Crippen LogP contribution >= 0.6 is 11.3 Å². The van der Waals surface area contributed by atoms with E-state index in [1.807, 2.05) is 0 Å². The van der Waals surface area contributed by atoms with E-state index in [0.717, 1.165) is 11.3 Å². The van der Waals surface area contributed by atoms with E-state index in [1.165, 1.54) is 10.4 Å². The fourth-order valence-electron chi connectivity index (χ4n) is 2.94. The molecule has 0 aromatic carbocycles. The third-order valence-corrected chi connectivity index (χ3v) is 7.35. The maximum Gasteiger partial charge on any atom is 0.265 e. The number of carbonyl (C=O) groups excluding carboxylic acids is 1. The van der Waals surface area contributed by atoms with Crippen LogP contribution in [0.4, 0.5) is 0 Å². The van der Waals surface area contributed by atoms with E-state index in [-0.39, 0.29) is 21.6 Å². The molecule has 24 heavy (non-hydrogen) atoms. The average Bonchev–Trinajstić information content (AvgIpc) is 3.12. The number of sulfonamides is 1. The molecular weight excluding hydrogens is 350 g/mol. The summed E-state index contributed by atoms with van der Waals surface area (Å²) in [6.07, 6.45) is 1.28. The lowest BCUT2D eigenvalue weighted by Crippen LogP contribution is -2.42. The minimum atomic E-state index is -3.68. The molecule has 0 aliphatic carbocycles. The number of piperidine rings is 1. The van der Waals surface area contributed by atoms with Crippen molar-refractivity contribution in [2.75, 3.05) is 39.4 Å². The van der Waals surface area contributed by atoms with Crippen LogP contribution in [0.15, 0.2) is 16.3 Å². The molecule has 1 aromatic rings. The van der Waals surface area contributed by atoms with Crippen LogP contribution in [-0.2, 0) is 14.8 Å². The van der Waals surface area contributed by atoms with Crippen LogP contribution in [0.5, 0.6) is 0 Å². The molecule has 0 bridgehead atoms. The fraction of sp³-hybridized carbons (Fsp3) is 0.600. The van der Waals surface area contributed by atoms with Crippen LogP contribution in [0.3, 0.4) is 0 Å². The summed E-state index contributed by atoms with van der Waals surface area (Å²) in [6, 6.07) is 3.73. The molecule has 9 heteroatoms. The van der Waals surface area contributed by atoms with Crippen molar-refractivity contribution in [3.05, 3.63) is 16.3 Å². The molecule has 0 atom stereocenters. The van der Waals surface area contributed by atoms with E-state index in [0.29, 0.717) is 52.2 Å². The first-order valence-electron chi connectivity index (χ1n) is 7.88. The van der Waals surface area contributed by atoms with Gasteiger partial charge in [0.1, 0.15) is 9.77 Å². The normalized spacial score (nSPS) is 20.7. The van der Waals surface area contributed by atoms with Crippen molar-refractivity contribution < 1.29 is 17.9 Å². The summed E-state index contributed by atoms with van der Waals surface area (Å²) in [5.74, 6) is -0.276. The van der Waals surface area contributed by atoms with E-state index in [1.54, 1.807) is 10.3 Å². The molecule has 3 rings (SSSR count). The quantitative estimate of drug-likeness (QED) is 0.797. The number of ether oxygens (including phenoxy) is 1. The molecule has 0 unspecified atom stereocenters. The van der Waals surface area contributed by atoms with E-state index in [4.69, 9.17) is 10.00 Å². The Kier molecular flexibility index (Phi) is 5.20. The van der Waals surface area contributed by atoms with Crippen molar-refractivity contribution in [2.45, 2.75) is 17.7 Å². The Morgan fingerprint density at radius 3 is 2.54 bits per heavy atom. The Labute approximate surface area is 145 Å². The summed E-state index contributed by atoms with van der Waals surface area (Å²) in [7, 11) is -3.68. The van der Waals surface area contributed by atoms with E-state index >= 15 is 0 Å². The third kappa shape index (κ3) is 3.32. The largest absolute Gasteiger partial charge is 0.379 e. The average molecular weight is 369 g/mol. The number of nitrogens with zero attached hydrogens (tertiary/aromatic N) is 3. The van der Waals surface area contributed by atoms with Crippen molar-refractivity contribution in [3.8, 4) is 6.07 Å². The highest BCUT2D eigenvalue weighted by molar-refractivity contribution is 7.89. The highest BCUT2D eigenvalue weighted by atomic mass is 32.2. The van der Waals surface area contributed by atoms with E-state index in [9.17, 15) is 13.2 Å². The van der Waals surface area contributed by atoms with Gasteiger partial charge in [0, 0.05) is 32.1 Å². The van der Waals surface area contributed by atoms with E-state index < -0.39 is 10.0 Å². The van der Waals surface area contributed by atoms with Gasteiger partial charge in [-0.15, -0.1) is 11.3 Å². The minimum absolute atomic E-state index is 0.0195. The number of nitriles is 1. The Morgan fingerprint density at radius 1 is 1.25 bits per heavy atom. The molecule has 1 amide bonds. The Bertz CT molecular complexity index is 739. The first-order chi connectivity index (χ1) is 11.5. The van der Waals surface area contributed by atoms with Crippen molar-refractivity contribution in [3.63, 3.8) is 0 Å². The number of hydrogen-bond donors (Lipinski definition) is 0. The van der Waals surface area contributed by atoms with Crippen molar-refractivity contribution in [1.29, 1.82) is 5.26 Å². The van der Waals surface area contributed by atoms with Crippen molar-refractivity contribution in [2.24, 2.45) is 5.92 Å². The first-order valence-corrected chi connectivity index (χ1v) is 10.2. The second kappa shape index (κ2) is 7.19. The Hall–Kier alpha value is -1.47. The molecular formula is C15H19N3O4S2. The van der Waals surface area contributed by atoms with Gasteiger partial charge < -0.3 is 9.64 Å². The number of likely N-dealkylation sites (tertiary alicyclic amines) is 1. The minimum Gasteiger partial charge on any atom is -0.379 e. The zero-order valence-corrected chi connectivity index (χ0v) is 14.8. The molecule has 2 aliphatic heterocycles. The van der Waals surface area contributed by atoms with Gasteiger partial charge in [-0.1, -0.05) is 0 Å². The zero-order chi connectivity index (χ0) is 17.2. The van der Waals surface area contributed by atoms with Gasteiger partial charge in [-0.25, -0.2) is 8.42 Å². The van der Waals surface area contributed by atoms with Gasteiger partial charge in [-0.3, -0.25) is 4.79 Å². The van der Waals surface area contributed by atoms with Crippen LogP contribution < -0.4 is 0 Å². The van der Waals surface area contributed by atoms with Gasteiger partial charge in [0.2, 0.25) is 10.0 Å². The van der Waals surface area contributed by atoms with Gasteiger partial charge in [0.05, 0.1) is 19.3 Å².